The average Bonchev–Trinajstić information content (AvgIpc) is 2.37. The van der Waals surface area contributed by atoms with Gasteiger partial charge in [0.1, 0.15) is 5.75 Å². The maximum Gasteiger partial charge on any atom is 0.119 e. The van der Waals surface area contributed by atoms with Gasteiger partial charge in [0.15, 0.2) is 0 Å². The van der Waals surface area contributed by atoms with Crippen molar-refractivity contribution in [3.8, 4) is 5.75 Å². The molecule has 0 saturated carbocycles. The molecule has 1 N–H and O–H groups in total. The van der Waals surface area contributed by atoms with Crippen molar-refractivity contribution in [2.24, 2.45) is 5.92 Å². The summed E-state index contributed by atoms with van der Waals surface area (Å²) >= 11 is 3.59. The minimum absolute atomic E-state index is 0.574. The van der Waals surface area contributed by atoms with Crippen molar-refractivity contribution in [3.63, 3.8) is 0 Å². The van der Waals surface area contributed by atoms with Gasteiger partial charge in [-0.05, 0) is 42.6 Å². The Hall–Kier alpha value is -0.580. The predicted molar refractivity (Wildman–Crippen MR) is 78.3 cm³/mol. The Morgan fingerprint density at radius 3 is 2.78 bits per heavy atom. The Morgan fingerprint density at radius 2 is 2.11 bits per heavy atom. The molecule has 1 atom stereocenters. The SMILES string of the molecule is COCCNCC(C)Cc1cc(OC)ccc1Br. The Bertz CT molecular complexity index is 358. The summed E-state index contributed by atoms with van der Waals surface area (Å²) in [5.41, 5.74) is 1.29. The molecule has 0 spiro atoms. The summed E-state index contributed by atoms with van der Waals surface area (Å²) in [7, 11) is 3.42. The molecule has 4 heteroatoms. The third-order valence-corrected chi connectivity index (χ3v) is 3.57. The van der Waals surface area contributed by atoms with E-state index >= 15 is 0 Å². The molecule has 0 saturated heterocycles. The molecule has 0 aromatic heterocycles. The zero-order valence-electron chi connectivity index (χ0n) is 11.3. The van der Waals surface area contributed by atoms with E-state index in [0.717, 1.165) is 36.3 Å². The van der Waals surface area contributed by atoms with Crippen molar-refractivity contribution in [1.29, 1.82) is 0 Å². The van der Waals surface area contributed by atoms with Crippen molar-refractivity contribution >= 4 is 15.9 Å². The molecule has 0 aliphatic rings. The quantitative estimate of drug-likeness (QED) is 0.748. The van der Waals surface area contributed by atoms with Gasteiger partial charge in [-0.3, -0.25) is 0 Å². The van der Waals surface area contributed by atoms with Gasteiger partial charge in [-0.1, -0.05) is 22.9 Å². The lowest BCUT2D eigenvalue weighted by molar-refractivity contribution is 0.198. The third kappa shape index (κ3) is 5.38. The van der Waals surface area contributed by atoms with Crippen LogP contribution >= 0.6 is 15.9 Å². The van der Waals surface area contributed by atoms with Gasteiger partial charge < -0.3 is 14.8 Å². The van der Waals surface area contributed by atoms with E-state index in [1.165, 1.54) is 5.56 Å². The number of nitrogens with one attached hydrogen (secondary N) is 1. The fourth-order valence-electron chi connectivity index (χ4n) is 1.80. The fourth-order valence-corrected chi connectivity index (χ4v) is 2.21. The zero-order chi connectivity index (χ0) is 13.4. The molecule has 1 unspecified atom stereocenters. The summed E-state index contributed by atoms with van der Waals surface area (Å²) in [6, 6.07) is 6.10. The number of hydrogen-bond donors (Lipinski definition) is 1. The molecule has 102 valence electrons. The summed E-state index contributed by atoms with van der Waals surface area (Å²) in [5, 5.41) is 3.38. The molecule has 18 heavy (non-hydrogen) atoms. The van der Waals surface area contributed by atoms with Gasteiger partial charge in [0.05, 0.1) is 13.7 Å². The lowest BCUT2D eigenvalue weighted by Crippen LogP contribution is -2.25. The van der Waals surface area contributed by atoms with Crippen molar-refractivity contribution < 1.29 is 9.47 Å². The summed E-state index contributed by atoms with van der Waals surface area (Å²) in [5.74, 6) is 1.48. The number of hydrogen-bond acceptors (Lipinski definition) is 3. The molecule has 0 heterocycles. The largest absolute Gasteiger partial charge is 0.497 e. The Balaban J connectivity index is 2.45. The smallest absolute Gasteiger partial charge is 0.119 e. The van der Waals surface area contributed by atoms with Crippen LogP contribution in [0.1, 0.15) is 12.5 Å². The van der Waals surface area contributed by atoms with Gasteiger partial charge in [-0.2, -0.15) is 0 Å². The zero-order valence-corrected chi connectivity index (χ0v) is 12.9. The summed E-state index contributed by atoms with van der Waals surface area (Å²) in [6.45, 7) is 4.90. The standard InChI is InChI=1S/C14H22BrNO2/c1-11(10-16-6-7-17-2)8-12-9-13(18-3)4-5-14(12)15/h4-5,9,11,16H,6-8,10H2,1-3H3. The molecular formula is C14H22BrNO2. The highest BCUT2D eigenvalue weighted by Gasteiger charge is 2.07. The molecule has 1 aromatic rings. The molecule has 0 amide bonds. The highest BCUT2D eigenvalue weighted by atomic mass is 79.9. The molecule has 1 rings (SSSR count). The first-order chi connectivity index (χ1) is 8.67. The van der Waals surface area contributed by atoms with Crippen LogP contribution in [0.5, 0.6) is 5.75 Å². The highest BCUT2D eigenvalue weighted by molar-refractivity contribution is 9.10. The van der Waals surface area contributed by atoms with E-state index < -0.39 is 0 Å². The molecular weight excluding hydrogens is 294 g/mol. The number of rotatable bonds is 8. The van der Waals surface area contributed by atoms with E-state index in [-0.39, 0.29) is 0 Å². The van der Waals surface area contributed by atoms with Crippen molar-refractivity contribution in [2.45, 2.75) is 13.3 Å². The monoisotopic (exact) mass is 315 g/mol. The van der Waals surface area contributed by atoms with Crippen LogP contribution < -0.4 is 10.1 Å². The number of methoxy groups -OCH3 is 2. The number of halogens is 1. The van der Waals surface area contributed by atoms with Crippen molar-refractivity contribution in [3.05, 3.63) is 28.2 Å². The van der Waals surface area contributed by atoms with E-state index in [1.54, 1.807) is 14.2 Å². The van der Waals surface area contributed by atoms with Crippen LogP contribution in [0.2, 0.25) is 0 Å². The van der Waals surface area contributed by atoms with E-state index in [0.29, 0.717) is 5.92 Å². The minimum atomic E-state index is 0.574. The van der Waals surface area contributed by atoms with Crippen LogP contribution in [0.4, 0.5) is 0 Å². The molecule has 0 bridgehead atoms. The van der Waals surface area contributed by atoms with Gasteiger partial charge >= 0.3 is 0 Å². The summed E-state index contributed by atoms with van der Waals surface area (Å²) < 4.78 is 11.4. The van der Waals surface area contributed by atoms with Gasteiger partial charge in [-0.25, -0.2) is 0 Å². The molecule has 0 aliphatic heterocycles. The second-order valence-corrected chi connectivity index (χ2v) is 5.32. The second-order valence-electron chi connectivity index (χ2n) is 4.46. The normalized spacial score (nSPS) is 12.4. The van der Waals surface area contributed by atoms with Crippen molar-refractivity contribution in [1.82, 2.24) is 5.32 Å². The first kappa shape index (κ1) is 15.5. The highest BCUT2D eigenvalue weighted by Crippen LogP contribution is 2.24. The van der Waals surface area contributed by atoms with Gasteiger partial charge in [0, 0.05) is 18.1 Å². The molecule has 0 radical (unpaired) electrons. The van der Waals surface area contributed by atoms with Gasteiger partial charge in [0.2, 0.25) is 0 Å². The summed E-state index contributed by atoms with van der Waals surface area (Å²) in [4.78, 5) is 0. The second kappa shape index (κ2) is 8.51. The average molecular weight is 316 g/mol. The molecule has 1 aromatic carbocycles. The minimum Gasteiger partial charge on any atom is -0.497 e. The fraction of sp³-hybridized carbons (Fsp3) is 0.571. The van der Waals surface area contributed by atoms with Crippen molar-refractivity contribution in [2.75, 3.05) is 33.9 Å². The van der Waals surface area contributed by atoms with Crippen LogP contribution in [0.15, 0.2) is 22.7 Å². The van der Waals surface area contributed by atoms with E-state index in [9.17, 15) is 0 Å². The Morgan fingerprint density at radius 1 is 1.33 bits per heavy atom. The molecule has 0 aliphatic carbocycles. The third-order valence-electron chi connectivity index (χ3n) is 2.80. The van der Waals surface area contributed by atoms with Crippen LogP contribution in [-0.2, 0) is 11.2 Å². The molecule has 0 fully saturated rings. The first-order valence-electron chi connectivity index (χ1n) is 6.19. The van der Waals surface area contributed by atoms with Crippen LogP contribution in [0, 0.1) is 5.92 Å². The Labute approximate surface area is 118 Å². The lowest BCUT2D eigenvalue weighted by Gasteiger charge is -2.14. The first-order valence-corrected chi connectivity index (χ1v) is 6.98. The van der Waals surface area contributed by atoms with Crippen LogP contribution in [0.25, 0.3) is 0 Å². The maximum atomic E-state index is 5.25. The summed E-state index contributed by atoms with van der Waals surface area (Å²) in [6.07, 6.45) is 1.03. The predicted octanol–water partition coefficient (Wildman–Crippen LogP) is 2.87. The Kier molecular flexibility index (Phi) is 7.32. The van der Waals surface area contributed by atoms with E-state index in [1.807, 2.05) is 12.1 Å². The maximum absolute atomic E-state index is 5.25. The van der Waals surface area contributed by atoms with Crippen LogP contribution in [0.3, 0.4) is 0 Å². The number of ether oxygens (including phenoxy) is 2. The molecule has 3 nitrogen and oxygen atoms in total. The van der Waals surface area contributed by atoms with E-state index in [2.05, 4.69) is 34.2 Å². The van der Waals surface area contributed by atoms with Gasteiger partial charge in [-0.15, -0.1) is 0 Å². The topological polar surface area (TPSA) is 30.5 Å². The lowest BCUT2D eigenvalue weighted by atomic mass is 10.0. The van der Waals surface area contributed by atoms with Crippen LogP contribution in [-0.4, -0.2) is 33.9 Å². The van der Waals surface area contributed by atoms with E-state index in [4.69, 9.17) is 9.47 Å². The van der Waals surface area contributed by atoms with Gasteiger partial charge in [0.25, 0.3) is 0 Å². The number of benzene rings is 1.